The highest BCUT2D eigenvalue weighted by Gasteiger charge is 2.51. The lowest BCUT2D eigenvalue weighted by molar-refractivity contribution is -0.0317. The SMILES string of the molecule is O[C@H]1[C@@H]2C[C@H](CNc3nc(C4CC4)nc4ccccc34)[C@@H](C2)[C@H]1O. The lowest BCUT2D eigenvalue weighted by atomic mass is 9.85. The highest BCUT2D eigenvalue weighted by atomic mass is 16.3. The number of aliphatic hydroxyl groups excluding tert-OH is 2. The van der Waals surface area contributed by atoms with Gasteiger partial charge in [0, 0.05) is 17.8 Å². The molecule has 3 aliphatic carbocycles. The maximum atomic E-state index is 10.1. The predicted octanol–water partition coefficient (Wildman–Crippen LogP) is 2.30. The number of aliphatic hydroxyl groups is 2. The van der Waals surface area contributed by atoms with Crippen molar-refractivity contribution in [2.24, 2.45) is 17.8 Å². The molecule has 1 aromatic carbocycles. The molecular weight excluding hydrogens is 302 g/mol. The van der Waals surface area contributed by atoms with Gasteiger partial charge in [-0.3, -0.25) is 0 Å². The Morgan fingerprint density at radius 2 is 1.88 bits per heavy atom. The summed E-state index contributed by atoms with van der Waals surface area (Å²) >= 11 is 0. The standard InChI is InChI=1S/C19H23N3O2/c23-16-11-7-12(14(8-11)17(16)24)9-20-19-13-3-1-2-4-15(13)21-18(22-19)10-5-6-10/h1-4,10-12,14,16-17,23-24H,5-9H2,(H,20,21,22)/t11-,12-,14-,16+,17-/m1/s1. The van der Waals surface area contributed by atoms with E-state index in [1.165, 1.54) is 12.8 Å². The highest BCUT2D eigenvalue weighted by molar-refractivity contribution is 5.89. The van der Waals surface area contributed by atoms with Gasteiger partial charge < -0.3 is 15.5 Å². The lowest BCUT2D eigenvalue weighted by Gasteiger charge is -2.30. The molecule has 0 radical (unpaired) electrons. The number of anilines is 1. The van der Waals surface area contributed by atoms with Crippen molar-refractivity contribution >= 4 is 16.7 Å². The van der Waals surface area contributed by atoms with E-state index >= 15 is 0 Å². The number of aromatic nitrogens is 2. The minimum atomic E-state index is -0.556. The van der Waals surface area contributed by atoms with Crippen molar-refractivity contribution in [3.05, 3.63) is 30.1 Å². The monoisotopic (exact) mass is 325 g/mol. The van der Waals surface area contributed by atoms with Crippen LogP contribution in [0, 0.1) is 17.8 Å². The zero-order chi connectivity index (χ0) is 16.3. The second-order valence-electron chi connectivity index (χ2n) is 7.74. The first-order chi connectivity index (χ1) is 11.7. The average Bonchev–Trinajstić information content (AvgIpc) is 3.32. The Kier molecular flexibility index (Phi) is 3.28. The van der Waals surface area contributed by atoms with E-state index in [1.807, 2.05) is 18.2 Å². The van der Waals surface area contributed by atoms with Gasteiger partial charge >= 0.3 is 0 Å². The summed E-state index contributed by atoms with van der Waals surface area (Å²) in [6.07, 6.45) is 3.25. The van der Waals surface area contributed by atoms with Crippen molar-refractivity contribution in [3.63, 3.8) is 0 Å². The fourth-order valence-corrected chi connectivity index (χ4v) is 4.65. The van der Waals surface area contributed by atoms with Crippen LogP contribution >= 0.6 is 0 Å². The van der Waals surface area contributed by atoms with Crippen LogP contribution in [0.3, 0.4) is 0 Å². The van der Waals surface area contributed by atoms with E-state index in [0.717, 1.165) is 41.9 Å². The van der Waals surface area contributed by atoms with Gasteiger partial charge in [0.2, 0.25) is 0 Å². The van der Waals surface area contributed by atoms with Gasteiger partial charge in [-0.05, 0) is 55.6 Å². The Morgan fingerprint density at radius 1 is 1.04 bits per heavy atom. The number of nitrogens with one attached hydrogen (secondary N) is 1. The van der Waals surface area contributed by atoms with Crippen LogP contribution in [0.15, 0.2) is 24.3 Å². The van der Waals surface area contributed by atoms with Crippen LogP contribution in [0.25, 0.3) is 10.9 Å². The number of hydrogen-bond acceptors (Lipinski definition) is 5. The van der Waals surface area contributed by atoms with Crippen molar-refractivity contribution in [1.29, 1.82) is 0 Å². The topological polar surface area (TPSA) is 78.3 Å². The first-order valence-corrected chi connectivity index (χ1v) is 9.07. The van der Waals surface area contributed by atoms with Gasteiger partial charge in [-0.25, -0.2) is 9.97 Å². The third-order valence-corrected chi connectivity index (χ3v) is 6.15. The number of hydrogen-bond donors (Lipinski definition) is 3. The van der Waals surface area contributed by atoms with Crippen LogP contribution in [0.4, 0.5) is 5.82 Å². The molecule has 126 valence electrons. The smallest absolute Gasteiger partial charge is 0.137 e. The van der Waals surface area contributed by atoms with E-state index in [9.17, 15) is 10.2 Å². The Hall–Kier alpha value is -1.72. The number of fused-ring (bicyclic) bond motifs is 3. The quantitative estimate of drug-likeness (QED) is 0.804. The van der Waals surface area contributed by atoms with Gasteiger partial charge in [-0.1, -0.05) is 12.1 Å². The summed E-state index contributed by atoms with van der Waals surface area (Å²) in [6.45, 7) is 0.802. The summed E-state index contributed by atoms with van der Waals surface area (Å²) in [6, 6.07) is 8.15. The molecule has 3 N–H and O–H groups in total. The van der Waals surface area contributed by atoms with Crippen LogP contribution in [0.5, 0.6) is 0 Å². The fourth-order valence-electron chi connectivity index (χ4n) is 4.65. The normalized spacial score (nSPS) is 34.8. The van der Waals surface area contributed by atoms with Crippen LogP contribution in [0.2, 0.25) is 0 Å². The van der Waals surface area contributed by atoms with E-state index in [4.69, 9.17) is 9.97 Å². The van der Waals surface area contributed by atoms with Gasteiger partial charge in [0.15, 0.2) is 0 Å². The zero-order valence-electron chi connectivity index (χ0n) is 13.6. The molecule has 5 atom stereocenters. The largest absolute Gasteiger partial charge is 0.390 e. The molecule has 5 nitrogen and oxygen atoms in total. The van der Waals surface area contributed by atoms with Gasteiger partial charge in [-0.2, -0.15) is 0 Å². The molecule has 3 fully saturated rings. The molecular formula is C19H23N3O2. The Labute approximate surface area is 141 Å². The molecule has 2 aromatic rings. The molecule has 5 heteroatoms. The van der Waals surface area contributed by atoms with E-state index in [0.29, 0.717) is 11.8 Å². The second kappa shape index (κ2) is 5.39. The first kappa shape index (κ1) is 14.6. The van der Waals surface area contributed by atoms with Gasteiger partial charge in [0.25, 0.3) is 0 Å². The Balaban J connectivity index is 1.39. The average molecular weight is 325 g/mol. The van der Waals surface area contributed by atoms with Gasteiger partial charge in [0.1, 0.15) is 11.6 Å². The third-order valence-electron chi connectivity index (χ3n) is 6.15. The molecule has 0 amide bonds. The van der Waals surface area contributed by atoms with Crippen LogP contribution in [0.1, 0.15) is 37.4 Å². The number of nitrogens with zero attached hydrogens (tertiary/aromatic N) is 2. The molecule has 1 heterocycles. The number of para-hydroxylation sites is 1. The molecule has 0 saturated heterocycles. The molecule has 0 spiro atoms. The first-order valence-electron chi connectivity index (χ1n) is 9.07. The van der Waals surface area contributed by atoms with E-state index in [1.54, 1.807) is 0 Å². The third kappa shape index (κ3) is 2.30. The summed E-state index contributed by atoms with van der Waals surface area (Å²) < 4.78 is 0. The van der Waals surface area contributed by atoms with Gasteiger partial charge in [0.05, 0.1) is 17.7 Å². The number of rotatable bonds is 4. The van der Waals surface area contributed by atoms with Crippen LogP contribution in [-0.2, 0) is 0 Å². The summed E-state index contributed by atoms with van der Waals surface area (Å²) in [5.41, 5.74) is 1.00. The summed E-state index contributed by atoms with van der Waals surface area (Å²) in [5, 5.41) is 24.7. The van der Waals surface area contributed by atoms with E-state index in [-0.39, 0.29) is 11.8 Å². The van der Waals surface area contributed by atoms with Crippen LogP contribution < -0.4 is 5.32 Å². The predicted molar refractivity (Wildman–Crippen MR) is 91.7 cm³/mol. The lowest BCUT2D eigenvalue weighted by Crippen LogP contribution is -2.38. The molecule has 0 unspecified atom stereocenters. The van der Waals surface area contributed by atoms with Crippen LogP contribution in [-0.4, -0.2) is 38.9 Å². The minimum absolute atomic E-state index is 0.216. The van der Waals surface area contributed by atoms with Crippen molar-refractivity contribution in [1.82, 2.24) is 9.97 Å². The van der Waals surface area contributed by atoms with Crippen molar-refractivity contribution < 1.29 is 10.2 Å². The summed E-state index contributed by atoms with van der Waals surface area (Å²) in [7, 11) is 0. The Morgan fingerprint density at radius 3 is 2.62 bits per heavy atom. The molecule has 1 aromatic heterocycles. The maximum Gasteiger partial charge on any atom is 0.137 e. The maximum absolute atomic E-state index is 10.1. The molecule has 5 rings (SSSR count). The zero-order valence-corrected chi connectivity index (χ0v) is 13.6. The summed E-state index contributed by atoms with van der Waals surface area (Å²) in [5.74, 6) is 3.29. The molecule has 0 aliphatic heterocycles. The fraction of sp³-hybridized carbons (Fsp3) is 0.579. The van der Waals surface area contributed by atoms with Crippen molar-refractivity contribution in [3.8, 4) is 0 Å². The van der Waals surface area contributed by atoms with Crippen molar-refractivity contribution in [2.45, 2.75) is 43.8 Å². The second-order valence-corrected chi connectivity index (χ2v) is 7.74. The summed E-state index contributed by atoms with van der Waals surface area (Å²) in [4.78, 5) is 9.50. The van der Waals surface area contributed by atoms with E-state index in [2.05, 4.69) is 11.4 Å². The number of benzene rings is 1. The van der Waals surface area contributed by atoms with E-state index < -0.39 is 12.2 Å². The van der Waals surface area contributed by atoms with Gasteiger partial charge in [-0.15, -0.1) is 0 Å². The molecule has 3 aliphatic rings. The van der Waals surface area contributed by atoms with Crippen molar-refractivity contribution in [2.75, 3.05) is 11.9 Å². The molecule has 24 heavy (non-hydrogen) atoms. The molecule has 2 bridgehead atoms. The molecule has 3 saturated carbocycles. The highest BCUT2D eigenvalue weighted by Crippen LogP contribution is 2.48. The Bertz CT molecular complexity index is 774. The minimum Gasteiger partial charge on any atom is -0.390 e.